The van der Waals surface area contributed by atoms with Gasteiger partial charge in [-0.15, -0.1) is 0 Å². The van der Waals surface area contributed by atoms with Crippen LogP contribution in [0, 0.1) is 6.92 Å². The second kappa shape index (κ2) is 4.56. The summed E-state index contributed by atoms with van der Waals surface area (Å²) in [6.45, 7) is 2.60. The molecule has 0 unspecified atom stereocenters. The van der Waals surface area contributed by atoms with Gasteiger partial charge in [0.1, 0.15) is 12.1 Å². The Bertz CT molecular complexity index is 718. The number of nitrogen functional groups attached to an aromatic ring is 1. The van der Waals surface area contributed by atoms with Gasteiger partial charge in [0.05, 0.1) is 0 Å². The van der Waals surface area contributed by atoms with Gasteiger partial charge in [0.2, 0.25) is 0 Å². The van der Waals surface area contributed by atoms with Gasteiger partial charge in [0, 0.05) is 24.0 Å². The summed E-state index contributed by atoms with van der Waals surface area (Å²) in [5, 5.41) is 7.47. The Hall–Kier alpha value is -2.63. The Morgan fingerprint density at radius 1 is 1.32 bits per heavy atom. The summed E-state index contributed by atoms with van der Waals surface area (Å²) < 4.78 is 1.68. The van der Waals surface area contributed by atoms with Gasteiger partial charge in [-0.25, -0.2) is 4.98 Å². The molecule has 1 aromatic carbocycles. The molecule has 2 aromatic heterocycles. The van der Waals surface area contributed by atoms with Crippen molar-refractivity contribution in [3.63, 3.8) is 0 Å². The number of fused-ring (bicyclic) bond motifs is 1. The van der Waals surface area contributed by atoms with E-state index >= 15 is 0 Å². The molecule has 3 aromatic rings. The van der Waals surface area contributed by atoms with Crippen LogP contribution in [0.25, 0.3) is 5.78 Å². The van der Waals surface area contributed by atoms with E-state index in [0.717, 1.165) is 22.8 Å². The maximum atomic E-state index is 5.76. The molecule has 0 spiro atoms. The van der Waals surface area contributed by atoms with Crippen LogP contribution in [0.4, 0.5) is 11.5 Å². The minimum Gasteiger partial charge on any atom is -0.399 e. The van der Waals surface area contributed by atoms with Crippen LogP contribution in [0.15, 0.2) is 36.7 Å². The zero-order valence-electron chi connectivity index (χ0n) is 10.5. The van der Waals surface area contributed by atoms with Crippen molar-refractivity contribution in [2.45, 2.75) is 13.5 Å². The maximum absolute atomic E-state index is 5.76. The van der Waals surface area contributed by atoms with Gasteiger partial charge in [0.25, 0.3) is 5.78 Å². The number of benzene rings is 1. The quantitative estimate of drug-likeness (QED) is 0.694. The number of aromatic nitrogens is 4. The molecule has 0 aliphatic rings. The van der Waals surface area contributed by atoms with Crippen molar-refractivity contribution in [2.75, 3.05) is 11.1 Å². The second-order valence-corrected chi connectivity index (χ2v) is 4.35. The van der Waals surface area contributed by atoms with E-state index in [-0.39, 0.29) is 0 Å². The topological polar surface area (TPSA) is 81.1 Å². The molecule has 0 amide bonds. The fraction of sp³-hybridized carbons (Fsp3) is 0.154. The summed E-state index contributed by atoms with van der Waals surface area (Å²) >= 11 is 0. The Morgan fingerprint density at radius 3 is 3.05 bits per heavy atom. The number of nitrogens with zero attached hydrogens (tertiary/aromatic N) is 4. The van der Waals surface area contributed by atoms with E-state index in [1.807, 2.05) is 37.3 Å². The van der Waals surface area contributed by atoms with Crippen molar-refractivity contribution in [1.82, 2.24) is 19.6 Å². The lowest BCUT2D eigenvalue weighted by Gasteiger charge is -2.09. The standard InChI is InChI=1S/C13H14N6/c1-9-5-12(19-13(18-9)16-8-17-19)15-7-10-3-2-4-11(14)6-10/h2-6,8,15H,7,14H2,1H3. The van der Waals surface area contributed by atoms with Crippen LogP contribution >= 0.6 is 0 Å². The van der Waals surface area contributed by atoms with Gasteiger partial charge in [0.15, 0.2) is 0 Å². The summed E-state index contributed by atoms with van der Waals surface area (Å²) in [6, 6.07) is 9.72. The lowest BCUT2D eigenvalue weighted by atomic mass is 10.2. The Morgan fingerprint density at radius 2 is 2.21 bits per heavy atom. The number of rotatable bonds is 3. The molecule has 3 rings (SSSR count). The number of nitrogens with two attached hydrogens (primary N) is 1. The highest BCUT2D eigenvalue weighted by molar-refractivity contribution is 5.46. The number of hydrogen-bond acceptors (Lipinski definition) is 5. The first kappa shape index (κ1) is 11.5. The summed E-state index contributed by atoms with van der Waals surface area (Å²) in [6.07, 6.45) is 1.49. The third kappa shape index (κ3) is 2.33. The molecule has 0 aliphatic carbocycles. The Labute approximate surface area is 110 Å². The second-order valence-electron chi connectivity index (χ2n) is 4.35. The molecule has 0 aliphatic heterocycles. The zero-order valence-corrected chi connectivity index (χ0v) is 10.5. The highest BCUT2D eigenvalue weighted by Gasteiger charge is 2.05. The van der Waals surface area contributed by atoms with Crippen molar-refractivity contribution in [3.05, 3.63) is 47.9 Å². The van der Waals surface area contributed by atoms with Gasteiger partial charge < -0.3 is 11.1 Å². The van der Waals surface area contributed by atoms with Crippen molar-refractivity contribution in [3.8, 4) is 0 Å². The summed E-state index contributed by atoms with van der Waals surface area (Å²) in [4.78, 5) is 8.38. The smallest absolute Gasteiger partial charge is 0.254 e. The van der Waals surface area contributed by atoms with Crippen LogP contribution < -0.4 is 11.1 Å². The Kier molecular flexibility index (Phi) is 2.75. The highest BCUT2D eigenvalue weighted by Crippen LogP contribution is 2.13. The van der Waals surface area contributed by atoms with E-state index in [2.05, 4.69) is 20.4 Å². The number of hydrogen-bond donors (Lipinski definition) is 2. The molecule has 0 bridgehead atoms. The number of aryl methyl sites for hydroxylation is 1. The first-order valence-electron chi connectivity index (χ1n) is 5.98. The zero-order chi connectivity index (χ0) is 13.2. The summed E-state index contributed by atoms with van der Waals surface area (Å²) in [7, 11) is 0. The van der Waals surface area contributed by atoms with Crippen LogP contribution in [0.3, 0.4) is 0 Å². The van der Waals surface area contributed by atoms with Crippen LogP contribution in [0.1, 0.15) is 11.3 Å². The first-order valence-corrected chi connectivity index (χ1v) is 5.98. The number of anilines is 2. The first-order chi connectivity index (χ1) is 9.22. The van der Waals surface area contributed by atoms with Gasteiger partial charge in [-0.05, 0) is 24.6 Å². The van der Waals surface area contributed by atoms with Crippen LogP contribution in [-0.4, -0.2) is 19.6 Å². The predicted molar refractivity (Wildman–Crippen MR) is 73.7 cm³/mol. The molecule has 0 fully saturated rings. The molecule has 0 saturated heterocycles. The lowest BCUT2D eigenvalue weighted by molar-refractivity contribution is 0.916. The third-order valence-electron chi connectivity index (χ3n) is 2.80. The highest BCUT2D eigenvalue weighted by atomic mass is 15.3. The molecule has 19 heavy (non-hydrogen) atoms. The average Bonchev–Trinajstić information content (AvgIpc) is 2.84. The lowest BCUT2D eigenvalue weighted by Crippen LogP contribution is -2.07. The monoisotopic (exact) mass is 254 g/mol. The van der Waals surface area contributed by atoms with E-state index in [1.54, 1.807) is 4.52 Å². The minimum absolute atomic E-state index is 0.593. The number of nitrogens with one attached hydrogen (secondary N) is 1. The van der Waals surface area contributed by atoms with E-state index < -0.39 is 0 Å². The van der Waals surface area contributed by atoms with E-state index in [4.69, 9.17) is 5.73 Å². The summed E-state index contributed by atoms with van der Waals surface area (Å²) in [5.74, 6) is 1.46. The molecule has 0 atom stereocenters. The predicted octanol–water partition coefficient (Wildman–Crippen LogP) is 1.63. The largest absolute Gasteiger partial charge is 0.399 e. The molecular formula is C13H14N6. The van der Waals surface area contributed by atoms with Crippen molar-refractivity contribution in [1.29, 1.82) is 0 Å². The van der Waals surface area contributed by atoms with Crippen molar-refractivity contribution < 1.29 is 0 Å². The average molecular weight is 254 g/mol. The van der Waals surface area contributed by atoms with E-state index in [1.165, 1.54) is 6.33 Å². The molecule has 2 heterocycles. The Balaban J connectivity index is 1.87. The minimum atomic E-state index is 0.593. The van der Waals surface area contributed by atoms with E-state index in [0.29, 0.717) is 12.3 Å². The van der Waals surface area contributed by atoms with Crippen molar-refractivity contribution >= 4 is 17.3 Å². The summed E-state index contributed by atoms with van der Waals surface area (Å²) in [5.41, 5.74) is 8.53. The molecule has 96 valence electrons. The van der Waals surface area contributed by atoms with Crippen LogP contribution in [0.5, 0.6) is 0 Å². The van der Waals surface area contributed by atoms with Gasteiger partial charge in [-0.3, -0.25) is 0 Å². The third-order valence-corrected chi connectivity index (χ3v) is 2.80. The fourth-order valence-corrected chi connectivity index (χ4v) is 1.95. The molecule has 6 heteroatoms. The van der Waals surface area contributed by atoms with Crippen LogP contribution in [0.2, 0.25) is 0 Å². The van der Waals surface area contributed by atoms with Gasteiger partial charge in [-0.2, -0.15) is 14.6 Å². The molecule has 3 N–H and O–H groups in total. The van der Waals surface area contributed by atoms with Crippen LogP contribution in [-0.2, 0) is 6.54 Å². The molecule has 6 nitrogen and oxygen atoms in total. The van der Waals surface area contributed by atoms with Gasteiger partial charge in [-0.1, -0.05) is 12.1 Å². The normalized spacial score (nSPS) is 10.8. The molecule has 0 radical (unpaired) electrons. The molecular weight excluding hydrogens is 240 g/mol. The fourth-order valence-electron chi connectivity index (χ4n) is 1.95. The van der Waals surface area contributed by atoms with Crippen molar-refractivity contribution in [2.24, 2.45) is 0 Å². The van der Waals surface area contributed by atoms with Gasteiger partial charge >= 0.3 is 0 Å². The maximum Gasteiger partial charge on any atom is 0.254 e. The SMILES string of the molecule is Cc1cc(NCc2cccc(N)c2)n2ncnc2n1. The van der Waals surface area contributed by atoms with E-state index in [9.17, 15) is 0 Å². The molecule has 0 saturated carbocycles.